The molecule has 122 valence electrons. The van der Waals surface area contributed by atoms with Gasteiger partial charge in [-0.15, -0.1) is 11.3 Å². The molecule has 1 N–H and O–H groups in total. The molecule has 0 spiro atoms. The van der Waals surface area contributed by atoms with Gasteiger partial charge in [-0.05, 0) is 36.2 Å². The number of nitrogens with one attached hydrogen (secondary N) is 1. The Hall–Kier alpha value is -2.53. The van der Waals surface area contributed by atoms with E-state index in [0.29, 0.717) is 12.1 Å². The topological polar surface area (TPSA) is 42.0 Å². The second kappa shape index (κ2) is 7.36. The van der Waals surface area contributed by atoms with Crippen molar-refractivity contribution in [2.45, 2.75) is 19.9 Å². The van der Waals surface area contributed by atoms with Crippen LogP contribution in [-0.4, -0.2) is 10.9 Å². The van der Waals surface area contributed by atoms with Gasteiger partial charge < -0.3 is 5.32 Å². The summed E-state index contributed by atoms with van der Waals surface area (Å²) in [6, 6.07) is 13.5. The lowest BCUT2D eigenvalue weighted by molar-refractivity contribution is 0.0951. The van der Waals surface area contributed by atoms with Gasteiger partial charge in [0.1, 0.15) is 5.82 Å². The van der Waals surface area contributed by atoms with Crippen molar-refractivity contribution in [3.05, 3.63) is 75.9 Å². The number of benzene rings is 2. The van der Waals surface area contributed by atoms with Gasteiger partial charge in [-0.2, -0.15) is 0 Å². The maximum absolute atomic E-state index is 12.9. The monoisotopic (exact) mass is 340 g/mol. The van der Waals surface area contributed by atoms with Crippen LogP contribution in [0.5, 0.6) is 0 Å². The number of aryl methyl sites for hydroxylation is 1. The highest BCUT2D eigenvalue weighted by Crippen LogP contribution is 2.22. The van der Waals surface area contributed by atoms with Crippen LogP contribution in [0.2, 0.25) is 0 Å². The van der Waals surface area contributed by atoms with Crippen LogP contribution in [0.3, 0.4) is 0 Å². The summed E-state index contributed by atoms with van der Waals surface area (Å²) >= 11 is 1.64. The third-order valence-electron chi connectivity index (χ3n) is 3.66. The van der Waals surface area contributed by atoms with Gasteiger partial charge in [0.05, 0.1) is 10.7 Å². The lowest BCUT2D eigenvalue weighted by atomic mass is 10.1. The number of carbonyl (C=O) groups excluding carboxylic acids is 1. The quantitative estimate of drug-likeness (QED) is 0.746. The first-order valence-electron chi connectivity index (χ1n) is 7.73. The molecule has 0 fully saturated rings. The van der Waals surface area contributed by atoms with E-state index in [-0.39, 0.29) is 11.7 Å². The molecule has 24 heavy (non-hydrogen) atoms. The maximum atomic E-state index is 12.9. The van der Waals surface area contributed by atoms with Crippen molar-refractivity contribution in [1.29, 1.82) is 0 Å². The van der Waals surface area contributed by atoms with E-state index in [4.69, 9.17) is 0 Å². The average Bonchev–Trinajstić information content (AvgIpc) is 3.10. The van der Waals surface area contributed by atoms with E-state index in [1.165, 1.54) is 12.1 Å². The fraction of sp³-hybridized carbons (Fsp3) is 0.158. The summed E-state index contributed by atoms with van der Waals surface area (Å²) < 4.78 is 12.9. The number of aromatic nitrogens is 1. The Morgan fingerprint density at radius 2 is 1.83 bits per heavy atom. The van der Waals surface area contributed by atoms with Crippen LogP contribution in [0, 0.1) is 5.82 Å². The molecule has 0 aliphatic rings. The zero-order valence-corrected chi connectivity index (χ0v) is 14.1. The maximum Gasteiger partial charge on any atom is 0.251 e. The molecule has 1 heterocycles. The van der Waals surface area contributed by atoms with Gasteiger partial charge in [0.25, 0.3) is 5.91 Å². The molecule has 0 unspecified atom stereocenters. The smallest absolute Gasteiger partial charge is 0.251 e. The van der Waals surface area contributed by atoms with Crippen LogP contribution < -0.4 is 5.32 Å². The molecule has 0 bridgehead atoms. The van der Waals surface area contributed by atoms with Gasteiger partial charge >= 0.3 is 0 Å². The van der Waals surface area contributed by atoms with Crippen LogP contribution in [0.4, 0.5) is 4.39 Å². The Labute approximate surface area is 144 Å². The van der Waals surface area contributed by atoms with Gasteiger partial charge in [0, 0.05) is 23.1 Å². The number of thiazole rings is 1. The molecule has 5 heteroatoms. The van der Waals surface area contributed by atoms with Crippen molar-refractivity contribution in [2.24, 2.45) is 0 Å². The number of nitrogens with zero attached hydrogens (tertiary/aromatic N) is 1. The molecule has 2 aromatic carbocycles. The predicted molar refractivity (Wildman–Crippen MR) is 94.5 cm³/mol. The highest BCUT2D eigenvalue weighted by molar-refractivity contribution is 7.09. The third kappa shape index (κ3) is 3.86. The summed E-state index contributed by atoms with van der Waals surface area (Å²) in [5.74, 6) is -0.438. The second-order valence-corrected chi connectivity index (χ2v) is 6.31. The molecule has 0 saturated heterocycles. The molecule has 1 aromatic heterocycles. The Balaban J connectivity index is 1.64. The largest absolute Gasteiger partial charge is 0.348 e. The Kier molecular flexibility index (Phi) is 5.01. The summed E-state index contributed by atoms with van der Waals surface area (Å²) in [5.41, 5.74) is 3.39. The molecule has 0 saturated carbocycles. The summed E-state index contributed by atoms with van der Waals surface area (Å²) in [6.45, 7) is 2.45. The molecule has 0 aliphatic heterocycles. The first-order chi connectivity index (χ1) is 11.7. The minimum Gasteiger partial charge on any atom is -0.348 e. The van der Waals surface area contributed by atoms with Crippen LogP contribution in [0.15, 0.2) is 53.9 Å². The van der Waals surface area contributed by atoms with Gasteiger partial charge in [-0.1, -0.05) is 31.2 Å². The van der Waals surface area contributed by atoms with Gasteiger partial charge in [-0.3, -0.25) is 4.79 Å². The van der Waals surface area contributed by atoms with Crippen molar-refractivity contribution in [3.8, 4) is 11.3 Å². The van der Waals surface area contributed by atoms with Crippen LogP contribution in [0.25, 0.3) is 11.3 Å². The van der Waals surface area contributed by atoms with Crippen LogP contribution in [0.1, 0.15) is 27.9 Å². The Morgan fingerprint density at radius 1 is 1.12 bits per heavy atom. The molecular formula is C19H17FN2OS. The highest BCUT2D eigenvalue weighted by atomic mass is 32.1. The lowest BCUT2D eigenvalue weighted by Gasteiger charge is -2.06. The number of carbonyl (C=O) groups is 1. The normalized spacial score (nSPS) is 10.6. The van der Waals surface area contributed by atoms with Gasteiger partial charge in [0.15, 0.2) is 0 Å². The van der Waals surface area contributed by atoms with Gasteiger partial charge in [-0.25, -0.2) is 9.37 Å². The SMILES string of the molecule is CCc1nc(-c2ccc(C(=O)NCc3ccc(F)cc3)cc2)cs1. The molecule has 3 rings (SSSR count). The fourth-order valence-corrected chi connectivity index (χ4v) is 3.04. The average molecular weight is 340 g/mol. The summed E-state index contributed by atoms with van der Waals surface area (Å²) in [4.78, 5) is 16.7. The highest BCUT2D eigenvalue weighted by Gasteiger charge is 2.08. The molecule has 0 radical (unpaired) electrons. The first kappa shape index (κ1) is 16.3. The number of rotatable bonds is 5. The first-order valence-corrected chi connectivity index (χ1v) is 8.61. The van der Waals surface area contributed by atoms with E-state index in [2.05, 4.69) is 17.2 Å². The molecule has 0 atom stereocenters. The van der Waals surface area contributed by atoms with Crippen molar-refractivity contribution in [3.63, 3.8) is 0 Å². The van der Waals surface area contributed by atoms with Crippen LogP contribution >= 0.6 is 11.3 Å². The lowest BCUT2D eigenvalue weighted by Crippen LogP contribution is -2.22. The summed E-state index contributed by atoms with van der Waals surface area (Å²) in [7, 11) is 0. The van der Waals surface area contributed by atoms with Crippen LogP contribution in [-0.2, 0) is 13.0 Å². The number of halogens is 1. The molecule has 0 aliphatic carbocycles. The molecule has 3 aromatic rings. The standard InChI is InChI=1S/C19H17FN2OS/c1-2-18-22-17(12-24-18)14-5-7-15(8-6-14)19(23)21-11-13-3-9-16(20)10-4-13/h3-10,12H,2,11H2,1H3,(H,21,23). The van der Waals surface area contributed by atoms with Crippen molar-refractivity contribution >= 4 is 17.2 Å². The molecule has 1 amide bonds. The van der Waals surface area contributed by atoms with E-state index in [0.717, 1.165) is 28.2 Å². The fourth-order valence-electron chi connectivity index (χ4n) is 2.28. The van der Waals surface area contributed by atoms with E-state index >= 15 is 0 Å². The van der Waals surface area contributed by atoms with E-state index in [9.17, 15) is 9.18 Å². The van der Waals surface area contributed by atoms with Gasteiger partial charge in [0.2, 0.25) is 0 Å². The minimum atomic E-state index is -0.283. The zero-order valence-electron chi connectivity index (χ0n) is 13.3. The van der Waals surface area contributed by atoms with E-state index < -0.39 is 0 Å². The Bertz CT molecular complexity index is 825. The molecule has 3 nitrogen and oxygen atoms in total. The third-order valence-corrected chi connectivity index (χ3v) is 4.66. The summed E-state index contributed by atoms with van der Waals surface area (Å²) in [5, 5.41) is 5.97. The van der Waals surface area contributed by atoms with E-state index in [1.54, 1.807) is 35.6 Å². The predicted octanol–water partition coefficient (Wildman–Crippen LogP) is 4.44. The van der Waals surface area contributed by atoms with Crippen molar-refractivity contribution in [2.75, 3.05) is 0 Å². The molecular weight excluding hydrogens is 323 g/mol. The number of amides is 1. The number of hydrogen-bond donors (Lipinski definition) is 1. The number of hydrogen-bond acceptors (Lipinski definition) is 3. The zero-order chi connectivity index (χ0) is 16.9. The van der Waals surface area contributed by atoms with Crippen molar-refractivity contribution in [1.82, 2.24) is 10.3 Å². The minimum absolute atomic E-state index is 0.154. The second-order valence-electron chi connectivity index (χ2n) is 5.37. The van der Waals surface area contributed by atoms with Crippen molar-refractivity contribution < 1.29 is 9.18 Å². The summed E-state index contributed by atoms with van der Waals surface area (Å²) in [6.07, 6.45) is 0.925. The Morgan fingerprint density at radius 3 is 2.46 bits per heavy atom. The van der Waals surface area contributed by atoms with E-state index in [1.807, 2.05) is 17.5 Å².